The number of hydrogen-bond donors (Lipinski definition) is 0. The monoisotopic (exact) mass is 267 g/mol. The molecule has 1 heterocycles. The van der Waals surface area contributed by atoms with Crippen LogP contribution in [0.25, 0.3) is 0 Å². The Balaban J connectivity index is 1.74. The van der Waals surface area contributed by atoms with E-state index in [2.05, 4.69) is 6.07 Å². The van der Waals surface area contributed by atoms with Crippen molar-refractivity contribution in [2.75, 3.05) is 11.4 Å². The zero-order valence-electron chi connectivity index (χ0n) is 11.5. The Hall–Kier alpha value is -2.29. The number of anilines is 1. The van der Waals surface area contributed by atoms with Gasteiger partial charge < -0.3 is 9.64 Å². The summed E-state index contributed by atoms with van der Waals surface area (Å²) in [5.41, 5.74) is 2.24. The average molecular weight is 267 g/mol. The van der Waals surface area contributed by atoms with Crippen LogP contribution in [0.2, 0.25) is 0 Å². The van der Waals surface area contributed by atoms with E-state index in [1.807, 2.05) is 53.4 Å². The fraction of sp³-hybridized carbons (Fsp3) is 0.235. The molecule has 3 nitrogen and oxygen atoms in total. The number of fused-ring (bicyclic) bond motifs is 1. The number of carbonyl (C=O) groups is 1. The number of amides is 1. The molecule has 2 aromatic rings. The third kappa shape index (κ3) is 2.39. The zero-order valence-corrected chi connectivity index (χ0v) is 11.5. The number of ether oxygens (including phenoxy) is 1. The van der Waals surface area contributed by atoms with Gasteiger partial charge >= 0.3 is 0 Å². The van der Waals surface area contributed by atoms with Gasteiger partial charge in [-0.05, 0) is 37.1 Å². The molecule has 1 aliphatic rings. The summed E-state index contributed by atoms with van der Waals surface area (Å²) in [4.78, 5) is 14.3. The third-order valence-corrected chi connectivity index (χ3v) is 3.56. The van der Waals surface area contributed by atoms with E-state index < -0.39 is 6.10 Å². The second kappa shape index (κ2) is 5.37. The molecule has 3 rings (SSSR count). The molecule has 3 heteroatoms. The molecule has 0 bridgehead atoms. The second-order valence-electron chi connectivity index (χ2n) is 4.94. The van der Waals surface area contributed by atoms with Crippen molar-refractivity contribution in [3.05, 3.63) is 60.2 Å². The number of rotatable bonds is 3. The van der Waals surface area contributed by atoms with Crippen LogP contribution in [0.15, 0.2) is 54.6 Å². The van der Waals surface area contributed by atoms with E-state index in [-0.39, 0.29) is 5.91 Å². The molecule has 0 fully saturated rings. The summed E-state index contributed by atoms with van der Waals surface area (Å²) in [5.74, 6) is 0.736. The SMILES string of the molecule is C[C@H](Oc1ccccc1)C(=O)N1CCc2ccccc21. The molecule has 2 aromatic carbocycles. The van der Waals surface area contributed by atoms with Gasteiger partial charge in [-0.2, -0.15) is 0 Å². The Morgan fingerprint density at radius 2 is 1.80 bits per heavy atom. The lowest BCUT2D eigenvalue weighted by atomic mass is 10.2. The highest BCUT2D eigenvalue weighted by Crippen LogP contribution is 2.28. The van der Waals surface area contributed by atoms with Crippen molar-refractivity contribution in [1.29, 1.82) is 0 Å². The van der Waals surface area contributed by atoms with Gasteiger partial charge in [0.15, 0.2) is 6.10 Å². The third-order valence-electron chi connectivity index (χ3n) is 3.56. The molecule has 1 amide bonds. The maximum Gasteiger partial charge on any atom is 0.267 e. The Labute approximate surface area is 118 Å². The molecule has 0 unspecified atom stereocenters. The molecule has 102 valence electrons. The summed E-state index contributed by atoms with van der Waals surface area (Å²) >= 11 is 0. The minimum Gasteiger partial charge on any atom is -0.481 e. The van der Waals surface area contributed by atoms with Crippen molar-refractivity contribution in [2.45, 2.75) is 19.4 Å². The molecule has 1 aliphatic heterocycles. The summed E-state index contributed by atoms with van der Waals surface area (Å²) in [6.07, 6.45) is 0.434. The van der Waals surface area contributed by atoms with Gasteiger partial charge in [0, 0.05) is 12.2 Å². The molecule has 0 radical (unpaired) electrons. The summed E-state index contributed by atoms with van der Waals surface area (Å²) < 4.78 is 5.71. The van der Waals surface area contributed by atoms with E-state index in [0.717, 1.165) is 24.4 Å². The van der Waals surface area contributed by atoms with Crippen LogP contribution >= 0.6 is 0 Å². The standard InChI is InChI=1S/C17H17NO2/c1-13(20-15-8-3-2-4-9-15)17(19)18-12-11-14-7-5-6-10-16(14)18/h2-10,13H,11-12H2,1H3/t13-/m0/s1. The van der Waals surface area contributed by atoms with Gasteiger partial charge in [0.2, 0.25) is 0 Å². The first kappa shape index (κ1) is 12.7. The van der Waals surface area contributed by atoms with Gasteiger partial charge in [-0.1, -0.05) is 36.4 Å². The predicted octanol–water partition coefficient (Wildman–Crippen LogP) is 3.04. The lowest BCUT2D eigenvalue weighted by molar-refractivity contribution is -0.124. The number of carbonyl (C=O) groups excluding carboxylic acids is 1. The molecule has 0 N–H and O–H groups in total. The van der Waals surface area contributed by atoms with Gasteiger partial charge in [-0.15, -0.1) is 0 Å². The van der Waals surface area contributed by atoms with E-state index >= 15 is 0 Å². The highest BCUT2D eigenvalue weighted by molar-refractivity contribution is 5.98. The average Bonchev–Trinajstić information content (AvgIpc) is 2.91. The van der Waals surface area contributed by atoms with E-state index in [9.17, 15) is 4.79 Å². The van der Waals surface area contributed by atoms with Crippen LogP contribution in [0.5, 0.6) is 5.75 Å². The molecular weight excluding hydrogens is 250 g/mol. The fourth-order valence-corrected chi connectivity index (χ4v) is 2.54. The van der Waals surface area contributed by atoms with Gasteiger partial charge in [-0.3, -0.25) is 4.79 Å². The minimum atomic E-state index is -0.483. The van der Waals surface area contributed by atoms with E-state index in [1.165, 1.54) is 5.56 Å². The summed E-state index contributed by atoms with van der Waals surface area (Å²) in [6.45, 7) is 2.54. The van der Waals surface area contributed by atoms with Gasteiger partial charge in [-0.25, -0.2) is 0 Å². The number of hydrogen-bond acceptors (Lipinski definition) is 2. The first-order valence-electron chi connectivity index (χ1n) is 6.87. The molecule has 1 atom stereocenters. The van der Waals surface area contributed by atoms with E-state index in [0.29, 0.717) is 0 Å². The van der Waals surface area contributed by atoms with Gasteiger partial charge in [0.05, 0.1) is 0 Å². The van der Waals surface area contributed by atoms with E-state index in [4.69, 9.17) is 4.74 Å². The first-order chi connectivity index (χ1) is 9.75. The molecule has 0 saturated carbocycles. The number of benzene rings is 2. The first-order valence-corrected chi connectivity index (χ1v) is 6.87. The highest BCUT2D eigenvalue weighted by atomic mass is 16.5. The Morgan fingerprint density at radius 1 is 1.10 bits per heavy atom. The topological polar surface area (TPSA) is 29.5 Å². The quantitative estimate of drug-likeness (QED) is 0.855. The maximum atomic E-state index is 12.5. The van der Waals surface area contributed by atoms with Crippen LogP contribution in [0, 0.1) is 0 Å². The summed E-state index contributed by atoms with van der Waals surface area (Å²) in [6, 6.07) is 17.5. The summed E-state index contributed by atoms with van der Waals surface area (Å²) in [7, 11) is 0. The van der Waals surface area contributed by atoms with Crippen LogP contribution < -0.4 is 9.64 Å². The van der Waals surface area contributed by atoms with Crippen LogP contribution in [-0.4, -0.2) is 18.6 Å². The van der Waals surface area contributed by atoms with E-state index in [1.54, 1.807) is 6.92 Å². The predicted molar refractivity (Wildman–Crippen MR) is 79.0 cm³/mol. The number of nitrogens with zero attached hydrogens (tertiary/aromatic N) is 1. The van der Waals surface area contributed by atoms with Crippen molar-refractivity contribution >= 4 is 11.6 Å². The Morgan fingerprint density at radius 3 is 2.60 bits per heavy atom. The normalized spacial score (nSPS) is 14.8. The highest BCUT2D eigenvalue weighted by Gasteiger charge is 2.28. The minimum absolute atomic E-state index is 0.0128. The second-order valence-corrected chi connectivity index (χ2v) is 4.94. The Bertz CT molecular complexity index is 609. The van der Waals surface area contributed by atoms with Crippen LogP contribution in [0.3, 0.4) is 0 Å². The molecule has 0 spiro atoms. The van der Waals surface area contributed by atoms with Crippen LogP contribution in [0.1, 0.15) is 12.5 Å². The largest absolute Gasteiger partial charge is 0.481 e. The smallest absolute Gasteiger partial charge is 0.267 e. The molecule has 0 aliphatic carbocycles. The van der Waals surface area contributed by atoms with Crippen molar-refractivity contribution in [2.24, 2.45) is 0 Å². The van der Waals surface area contributed by atoms with Gasteiger partial charge in [0.1, 0.15) is 5.75 Å². The van der Waals surface area contributed by atoms with Crippen LogP contribution in [-0.2, 0) is 11.2 Å². The van der Waals surface area contributed by atoms with Crippen molar-refractivity contribution in [3.8, 4) is 5.75 Å². The van der Waals surface area contributed by atoms with Gasteiger partial charge in [0.25, 0.3) is 5.91 Å². The molecule has 20 heavy (non-hydrogen) atoms. The van der Waals surface area contributed by atoms with Crippen molar-refractivity contribution < 1.29 is 9.53 Å². The molecule has 0 aromatic heterocycles. The van der Waals surface area contributed by atoms with Crippen molar-refractivity contribution in [3.63, 3.8) is 0 Å². The number of para-hydroxylation sites is 2. The lowest BCUT2D eigenvalue weighted by Gasteiger charge is -2.22. The maximum absolute atomic E-state index is 12.5. The van der Waals surface area contributed by atoms with Crippen LogP contribution in [0.4, 0.5) is 5.69 Å². The molecule has 0 saturated heterocycles. The Kier molecular flexibility index (Phi) is 3.42. The zero-order chi connectivity index (χ0) is 13.9. The summed E-state index contributed by atoms with van der Waals surface area (Å²) in [5, 5.41) is 0. The fourth-order valence-electron chi connectivity index (χ4n) is 2.54. The molecular formula is C17H17NO2. The lowest BCUT2D eigenvalue weighted by Crippen LogP contribution is -2.39. The van der Waals surface area contributed by atoms with Crippen molar-refractivity contribution in [1.82, 2.24) is 0 Å².